The van der Waals surface area contributed by atoms with Gasteiger partial charge in [-0.15, -0.1) is 0 Å². The molecular weight excluding hydrogens is 776 g/mol. The van der Waals surface area contributed by atoms with E-state index in [2.05, 4.69) is 23.8 Å². The van der Waals surface area contributed by atoms with Crippen molar-refractivity contribution in [3.63, 3.8) is 0 Å². The lowest BCUT2D eigenvalue weighted by atomic mass is 10.1. The van der Waals surface area contributed by atoms with Crippen LogP contribution in [0, 0.1) is 13.8 Å². The van der Waals surface area contributed by atoms with Crippen LogP contribution in [0.4, 0.5) is 11.4 Å². The quantitative estimate of drug-likeness (QED) is 0.134. The van der Waals surface area contributed by atoms with Crippen molar-refractivity contribution >= 4 is 92.6 Å². The Morgan fingerprint density at radius 1 is 0.727 bits per heavy atom. The van der Waals surface area contributed by atoms with Crippen molar-refractivity contribution in [3.8, 4) is 11.5 Å². The second-order valence-electron chi connectivity index (χ2n) is 11.7. The number of aliphatic imine (C=N–C) groups is 2. The summed E-state index contributed by atoms with van der Waals surface area (Å²) < 4.78 is 0. The molecular formula is C42H46Cl2N4O5S2. The Morgan fingerprint density at radius 3 is 1.73 bits per heavy atom. The van der Waals surface area contributed by atoms with E-state index in [-0.39, 0.29) is 33.4 Å². The van der Waals surface area contributed by atoms with Crippen LogP contribution in [0.25, 0.3) is 6.08 Å². The molecule has 6 rings (SSSR count). The number of carbonyl (C=O) groups excluding carboxylic acids is 3. The van der Waals surface area contributed by atoms with Crippen molar-refractivity contribution in [2.24, 2.45) is 9.98 Å². The zero-order chi connectivity index (χ0) is 40.5. The average Bonchev–Trinajstić information content (AvgIpc) is 3.71. The number of benzene rings is 4. The van der Waals surface area contributed by atoms with Crippen molar-refractivity contribution in [1.82, 2.24) is 0 Å². The number of rotatable bonds is 8. The number of nitrogens with zero attached hydrogens (tertiary/aromatic N) is 4. The summed E-state index contributed by atoms with van der Waals surface area (Å²) in [6.45, 7) is 13.6. The molecule has 9 nitrogen and oxygen atoms in total. The highest BCUT2D eigenvalue weighted by molar-refractivity contribution is 8.19. The van der Waals surface area contributed by atoms with E-state index < -0.39 is 0 Å². The van der Waals surface area contributed by atoms with Gasteiger partial charge in [0.05, 0.1) is 32.1 Å². The summed E-state index contributed by atoms with van der Waals surface area (Å²) >= 11 is 14.3. The van der Waals surface area contributed by atoms with Crippen LogP contribution in [-0.2, 0) is 9.59 Å². The number of phenols is 2. The van der Waals surface area contributed by atoms with Gasteiger partial charge in [-0.05, 0) is 104 Å². The minimum atomic E-state index is -0.108. The number of phenolic OH excluding ortho intramolecular Hbond substituents is 2. The SMILES string of the molecule is CC.CCCN=C1S/C(=C\c2ccc(O)c(Cl)c2)C(=O)N1c1ccccc1C.CCCN=C1SCC(=O)N1c1ccccc1C.O=Cc1ccc(O)c(Cl)c1. The Balaban J connectivity index is 0.000000239. The average molecular weight is 822 g/mol. The summed E-state index contributed by atoms with van der Waals surface area (Å²) in [5, 5.41) is 20.4. The van der Waals surface area contributed by atoms with Crippen LogP contribution in [0.15, 0.2) is 99.8 Å². The van der Waals surface area contributed by atoms with Gasteiger partial charge in [0.25, 0.3) is 5.91 Å². The fourth-order valence-electron chi connectivity index (χ4n) is 4.91. The second-order valence-corrected chi connectivity index (χ2v) is 14.5. The number of carbonyl (C=O) groups is 3. The van der Waals surface area contributed by atoms with Gasteiger partial charge in [-0.1, -0.05) is 105 Å². The third-order valence-corrected chi connectivity index (χ3v) is 10.2. The van der Waals surface area contributed by atoms with Gasteiger partial charge in [0.2, 0.25) is 5.91 Å². The van der Waals surface area contributed by atoms with Crippen molar-refractivity contribution in [2.45, 2.75) is 54.4 Å². The zero-order valence-electron chi connectivity index (χ0n) is 31.8. The predicted octanol–water partition coefficient (Wildman–Crippen LogP) is 11.0. The molecule has 4 aromatic rings. The fourth-order valence-corrected chi connectivity index (χ4v) is 7.18. The Morgan fingerprint density at radius 2 is 1.22 bits per heavy atom. The highest BCUT2D eigenvalue weighted by Gasteiger charge is 2.35. The van der Waals surface area contributed by atoms with E-state index in [4.69, 9.17) is 28.3 Å². The van der Waals surface area contributed by atoms with Crippen molar-refractivity contribution < 1.29 is 24.6 Å². The Kier molecular flexibility index (Phi) is 18.5. The largest absolute Gasteiger partial charge is 0.506 e. The summed E-state index contributed by atoms with van der Waals surface area (Å²) in [5.41, 5.74) is 5.13. The minimum Gasteiger partial charge on any atom is -0.506 e. The summed E-state index contributed by atoms with van der Waals surface area (Å²) in [7, 11) is 0. The third kappa shape index (κ3) is 12.5. The molecule has 0 bridgehead atoms. The van der Waals surface area contributed by atoms with E-state index in [1.807, 2.05) is 76.2 Å². The number of amides is 2. The first-order chi connectivity index (χ1) is 26.5. The van der Waals surface area contributed by atoms with Gasteiger partial charge < -0.3 is 10.2 Å². The summed E-state index contributed by atoms with van der Waals surface area (Å²) in [6.07, 6.45) is 4.36. The maximum atomic E-state index is 13.1. The van der Waals surface area contributed by atoms with Crippen molar-refractivity contribution in [1.29, 1.82) is 0 Å². The molecule has 13 heteroatoms. The first-order valence-corrected chi connectivity index (χ1v) is 20.4. The molecule has 0 radical (unpaired) electrons. The van der Waals surface area contributed by atoms with Gasteiger partial charge in [0.1, 0.15) is 17.8 Å². The molecule has 4 aromatic carbocycles. The molecule has 2 heterocycles. The third-order valence-electron chi connectivity index (χ3n) is 7.60. The molecule has 0 aliphatic carbocycles. The lowest BCUT2D eigenvalue weighted by molar-refractivity contribution is -0.115. The number of para-hydroxylation sites is 2. The number of amidine groups is 2. The summed E-state index contributed by atoms with van der Waals surface area (Å²) in [4.78, 5) is 48.2. The van der Waals surface area contributed by atoms with Gasteiger partial charge in [0, 0.05) is 18.7 Å². The van der Waals surface area contributed by atoms with Crippen molar-refractivity contribution in [2.75, 3.05) is 28.6 Å². The number of aryl methyl sites for hydroxylation is 2. The molecule has 2 N–H and O–H groups in total. The maximum Gasteiger partial charge on any atom is 0.271 e. The highest BCUT2D eigenvalue weighted by atomic mass is 35.5. The number of hydrogen-bond donors (Lipinski definition) is 2. The molecule has 0 unspecified atom stereocenters. The van der Waals surface area contributed by atoms with Crippen LogP contribution in [0.1, 0.15) is 67.6 Å². The van der Waals surface area contributed by atoms with E-state index in [1.54, 1.807) is 28.0 Å². The fraction of sp³-hybridized carbons (Fsp3) is 0.262. The Bertz CT molecular complexity index is 2050. The van der Waals surface area contributed by atoms with Gasteiger partial charge >= 0.3 is 0 Å². The van der Waals surface area contributed by atoms with E-state index in [0.29, 0.717) is 34.2 Å². The van der Waals surface area contributed by atoms with Crippen LogP contribution < -0.4 is 9.80 Å². The summed E-state index contributed by atoms with van der Waals surface area (Å²) in [6, 6.07) is 24.9. The van der Waals surface area contributed by atoms with Gasteiger partial charge in [0.15, 0.2) is 10.3 Å². The predicted molar refractivity (Wildman–Crippen MR) is 234 cm³/mol. The molecule has 55 heavy (non-hydrogen) atoms. The standard InChI is InChI=1S/C20H19ClN2O2S.C13H16N2OS.C7H5ClO2.C2H6/c1-3-10-22-20-23(16-7-5-4-6-13(16)2)19(25)18(26-20)12-14-8-9-17(24)15(21)11-14;1-3-8-14-13-15(12(16)9-17-13)11-7-5-4-6-10(11)2;8-6-3-5(4-9)1-2-7(6)10;1-2/h4-9,11-12,24H,3,10H2,1-2H3;4-7H,3,8-9H2,1-2H3;1-4,10H;1-2H3/b18-12-,22-20?;;;. The minimum absolute atomic E-state index is 0.00716. The van der Waals surface area contributed by atoms with Crippen LogP contribution in [0.2, 0.25) is 10.0 Å². The Labute approximate surface area is 342 Å². The number of aromatic hydroxyl groups is 2. The molecule has 2 amide bonds. The van der Waals surface area contributed by atoms with Crippen LogP contribution in [0.3, 0.4) is 0 Å². The lowest BCUT2D eigenvalue weighted by Gasteiger charge is -2.18. The molecule has 290 valence electrons. The molecule has 0 aromatic heterocycles. The molecule has 0 saturated carbocycles. The van der Waals surface area contributed by atoms with Crippen LogP contribution in [0.5, 0.6) is 11.5 Å². The van der Waals surface area contributed by atoms with Crippen LogP contribution >= 0.6 is 46.7 Å². The normalized spacial score (nSPS) is 15.7. The topological polar surface area (TPSA) is 123 Å². The molecule has 0 atom stereocenters. The summed E-state index contributed by atoms with van der Waals surface area (Å²) in [5.74, 6) is 0.525. The van der Waals surface area contributed by atoms with Crippen molar-refractivity contribution in [3.05, 3.63) is 122 Å². The maximum absolute atomic E-state index is 13.1. The van der Waals surface area contributed by atoms with E-state index in [9.17, 15) is 19.5 Å². The molecule has 0 spiro atoms. The number of halogens is 2. The number of anilines is 2. The zero-order valence-corrected chi connectivity index (χ0v) is 34.9. The molecule has 2 aliphatic heterocycles. The number of aldehydes is 1. The molecule has 2 fully saturated rings. The van der Waals surface area contributed by atoms with E-state index in [1.165, 1.54) is 47.8 Å². The van der Waals surface area contributed by atoms with Gasteiger partial charge in [-0.25, -0.2) is 0 Å². The molecule has 2 aliphatic rings. The monoisotopic (exact) mass is 820 g/mol. The van der Waals surface area contributed by atoms with Gasteiger partial charge in [-0.3, -0.25) is 34.2 Å². The number of hydrogen-bond acceptors (Lipinski definition) is 9. The Hall–Kier alpha value is -4.55. The first kappa shape index (κ1) is 44.8. The highest BCUT2D eigenvalue weighted by Crippen LogP contribution is 2.38. The van der Waals surface area contributed by atoms with Gasteiger partial charge in [-0.2, -0.15) is 0 Å². The smallest absolute Gasteiger partial charge is 0.271 e. The lowest BCUT2D eigenvalue weighted by Crippen LogP contribution is -2.30. The second kappa shape index (κ2) is 22.7. The van der Waals surface area contributed by atoms with E-state index >= 15 is 0 Å². The molecule has 2 saturated heterocycles. The van der Waals surface area contributed by atoms with Crippen LogP contribution in [-0.4, -0.2) is 57.5 Å². The number of thioether (sulfide) groups is 2. The first-order valence-electron chi connectivity index (χ1n) is 17.8. The van der Waals surface area contributed by atoms with E-state index in [0.717, 1.165) is 52.6 Å².